The molecule has 0 aromatic carbocycles. The van der Waals surface area contributed by atoms with Gasteiger partial charge in [-0.1, -0.05) is 11.8 Å². The van der Waals surface area contributed by atoms with Crippen LogP contribution in [0, 0.1) is 6.92 Å². The van der Waals surface area contributed by atoms with Gasteiger partial charge in [0.05, 0.1) is 0 Å². The highest BCUT2D eigenvalue weighted by molar-refractivity contribution is 8.01. The van der Waals surface area contributed by atoms with Crippen LogP contribution in [0.2, 0.25) is 0 Å². The second-order valence-electron chi connectivity index (χ2n) is 2.23. The number of thioether (sulfide) groups is 1. The lowest BCUT2D eigenvalue weighted by atomic mass is 10.5. The lowest BCUT2D eigenvalue weighted by molar-refractivity contribution is -0.305. The summed E-state index contributed by atoms with van der Waals surface area (Å²) in [6.45, 7) is 1.92. The number of aryl methyl sites for hydroxylation is 1. The highest BCUT2D eigenvalue weighted by Gasteiger charge is 1.98. The highest BCUT2D eigenvalue weighted by Crippen LogP contribution is 2.22. The predicted molar refractivity (Wildman–Crippen MR) is 47.2 cm³/mol. The third-order valence-electron chi connectivity index (χ3n) is 1.13. The first-order valence-corrected chi connectivity index (χ1v) is 5.30. The number of thiazole rings is 1. The van der Waals surface area contributed by atoms with Crippen molar-refractivity contribution >= 4 is 29.1 Å². The molecule has 1 aromatic rings. The van der Waals surface area contributed by atoms with Crippen molar-refractivity contribution in [1.29, 1.82) is 0 Å². The van der Waals surface area contributed by atoms with Crippen molar-refractivity contribution in [2.75, 3.05) is 5.75 Å². The SMILES string of the molecule is Cc1csc(SCCC(=O)[O-])n1. The van der Waals surface area contributed by atoms with E-state index in [-0.39, 0.29) is 6.42 Å². The molecule has 0 bridgehead atoms. The molecular weight excluding hydrogens is 194 g/mol. The van der Waals surface area contributed by atoms with Crippen LogP contribution in [0.1, 0.15) is 12.1 Å². The molecule has 3 nitrogen and oxygen atoms in total. The molecule has 0 aliphatic rings. The number of aromatic nitrogens is 1. The zero-order valence-corrected chi connectivity index (χ0v) is 8.20. The summed E-state index contributed by atoms with van der Waals surface area (Å²) in [7, 11) is 0. The molecular formula is C7H8NO2S2-. The highest BCUT2D eigenvalue weighted by atomic mass is 32.2. The van der Waals surface area contributed by atoms with E-state index in [1.54, 1.807) is 0 Å². The number of aliphatic carboxylic acids is 1. The van der Waals surface area contributed by atoms with Crippen LogP contribution in [0.15, 0.2) is 9.72 Å². The monoisotopic (exact) mass is 202 g/mol. The number of carbonyl (C=O) groups excluding carboxylic acids is 1. The standard InChI is InChI=1S/C7H9NO2S2/c1-5-4-12-7(8-5)11-3-2-6(9)10/h4H,2-3H2,1H3,(H,9,10)/p-1. The Kier molecular flexibility index (Phi) is 3.55. The fraction of sp³-hybridized carbons (Fsp3) is 0.429. The third-order valence-corrected chi connectivity index (χ3v) is 3.27. The molecule has 0 saturated heterocycles. The van der Waals surface area contributed by atoms with Gasteiger partial charge in [0.1, 0.15) is 4.34 Å². The van der Waals surface area contributed by atoms with E-state index in [9.17, 15) is 9.90 Å². The number of carboxylic acid groups (broad SMARTS) is 1. The Morgan fingerprint density at radius 3 is 3.08 bits per heavy atom. The number of hydrogen-bond donors (Lipinski definition) is 0. The van der Waals surface area contributed by atoms with E-state index < -0.39 is 5.97 Å². The van der Waals surface area contributed by atoms with E-state index in [1.165, 1.54) is 23.1 Å². The molecule has 12 heavy (non-hydrogen) atoms. The molecule has 0 radical (unpaired) electrons. The number of carbonyl (C=O) groups is 1. The van der Waals surface area contributed by atoms with Gasteiger partial charge in [0.25, 0.3) is 0 Å². The normalized spacial score (nSPS) is 10.1. The van der Waals surface area contributed by atoms with E-state index >= 15 is 0 Å². The lowest BCUT2D eigenvalue weighted by Crippen LogP contribution is -2.22. The summed E-state index contributed by atoms with van der Waals surface area (Å²) in [5, 5.41) is 12.0. The van der Waals surface area contributed by atoms with Crippen LogP contribution >= 0.6 is 23.1 Å². The van der Waals surface area contributed by atoms with E-state index in [0.717, 1.165) is 10.0 Å². The Labute approximate surface area is 78.8 Å². The second kappa shape index (κ2) is 4.47. The van der Waals surface area contributed by atoms with Crippen molar-refractivity contribution < 1.29 is 9.90 Å². The summed E-state index contributed by atoms with van der Waals surface area (Å²) in [5.41, 5.74) is 0.982. The zero-order valence-electron chi connectivity index (χ0n) is 6.57. The number of hydrogen-bond acceptors (Lipinski definition) is 5. The van der Waals surface area contributed by atoms with E-state index in [0.29, 0.717) is 5.75 Å². The molecule has 5 heteroatoms. The van der Waals surface area contributed by atoms with Crippen molar-refractivity contribution in [3.8, 4) is 0 Å². The van der Waals surface area contributed by atoms with E-state index in [4.69, 9.17) is 0 Å². The largest absolute Gasteiger partial charge is 0.550 e. The van der Waals surface area contributed by atoms with Crippen molar-refractivity contribution in [3.05, 3.63) is 11.1 Å². The summed E-state index contributed by atoms with van der Waals surface area (Å²) in [6, 6.07) is 0. The van der Waals surface area contributed by atoms with Gasteiger partial charge in [-0.2, -0.15) is 0 Å². The van der Waals surface area contributed by atoms with Crippen LogP contribution in [-0.2, 0) is 4.79 Å². The van der Waals surface area contributed by atoms with Gasteiger partial charge < -0.3 is 9.90 Å². The molecule has 0 fully saturated rings. The average molecular weight is 202 g/mol. The quantitative estimate of drug-likeness (QED) is 0.674. The van der Waals surface area contributed by atoms with Crippen LogP contribution < -0.4 is 5.11 Å². The first kappa shape index (κ1) is 9.54. The number of nitrogens with zero attached hydrogens (tertiary/aromatic N) is 1. The summed E-state index contributed by atoms with van der Waals surface area (Å²) in [5.74, 6) is -0.467. The zero-order chi connectivity index (χ0) is 8.97. The Hall–Kier alpha value is -0.550. The van der Waals surface area contributed by atoms with Crippen LogP contribution in [-0.4, -0.2) is 16.7 Å². The fourth-order valence-corrected chi connectivity index (χ4v) is 2.46. The van der Waals surface area contributed by atoms with Gasteiger partial charge in [0, 0.05) is 22.8 Å². The first-order chi connectivity index (χ1) is 5.68. The molecule has 0 spiro atoms. The van der Waals surface area contributed by atoms with Gasteiger partial charge in [-0.15, -0.1) is 11.3 Å². The Balaban J connectivity index is 2.29. The molecule has 66 valence electrons. The molecule has 0 unspecified atom stereocenters. The smallest absolute Gasteiger partial charge is 0.150 e. The van der Waals surface area contributed by atoms with Gasteiger partial charge in [-0.3, -0.25) is 0 Å². The Morgan fingerprint density at radius 2 is 2.58 bits per heavy atom. The minimum absolute atomic E-state index is 0.0866. The van der Waals surface area contributed by atoms with Gasteiger partial charge in [-0.05, 0) is 13.3 Å². The molecule has 0 N–H and O–H groups in total. The van der Waals surface area contributed by atoms with Crippen LogP contribution in [0.4, 0.5) is 0 Å². The predicted octanol–water partition coefficient (Wildman–Crippen LogP) is 0.684. The van der Waals surface area contributed by atoms with Crippen molar-refractivity contribution in [1.82, 2.24) is 4.98 Å². The number of rotatable bonds is 4. The summed E-state index contributed by atoms with van der Waals surface area (Å²) in [6.07, 6.45) is 0.0866. The van der Waals surface area contributed by atoms with Gasteiger partial charge >= 0.3 is 0 Å². The van der Waals surface area contributed by atoms with Gasteiger partial charge in [0.15, 0.2) is 0 Å². The number of carboxylic acids is 1. The summed E-state index contributed by atoms with van der Waals surface area (Å²) in [4.78, 5) is 14.2. The first-order valence-electron chi connectivity index (χ1n) is 3.43. The van der Waals surface area contributed by atoms with Crippen molar-refractivity contribution in [3.63, 3.8) is 0 Å². The van der Waals surface area contributed by atoms with Crippen LogP contribution in [0.5, 0.6) is 0 Å². The molecule has 1 heterocycles. The topological polar surface area (TPSA) is 53.0 Å². The van der Waals surface area contributed by atoms with E-state index in [1.807, 2.05) is 12.3 Å². The Bertz CT molecular complexity index is 272. The molecule has 0 aliphatic heterocycles. The molecule has 1 aromatic heterocycles. The van der Waals surface area contributed by atoms with Crippen molar-refractivity contribution in [2.45, 2.75) is 17.7 Å². The van der Waals surface area contributed by atoms with Gasteiger partial charge in [-0.25, -0.2) is 4.98 Å². The Morgan fingerprint density at radius 1 is 1.83 bits per heavy atom. The van der Waals surface area contributed by atoms with Crippen molar-refractivity contribution in [2.24, 2.45) is 0 Å². The maximum absolute atomic E-state index is 10.1. The maximum atomic E-state index is 10.1. The fourth-order valence-electron chi connectivity index (χ4n) is 0.620. The minimum atomic E-state index is -1.00. The molecule has 0 saturated carbocycles. The summed E-state index contributed by atoms with van der Waals surface area (Å²) < 4.78 is 0.925. The molecule has 1 rings (SSSR count). The molecule has 0 atom stereocenters. The van der Waals surface area contributed by atoms with E-state index in [2.05, 4.69) is 4.98 Å². The lowest BCUT2D eigenvalue weighted by Gasteiger charge is -1.98. The second-order valence-corrected chi connectivity index (χ2v) is 4.43. The van der Waals surface area contributed by atoms with Crippen LogP contribution in [0.25, 0.3) is 0 Å². The third kappa shape index (κ3) is 3.23. The van der Waals surface area contributed by atoms with Crippen LogP contribution in [0.3, 0.4) is 0 Å². The maximum Gasteiger partial charge on any atom is 0.150 e. The average Bonchev–Trinajstić information content (AvgIpc) is 2.35. The summed E-state index contributed by atoms with van der Waals surface area (Å²) >= 11 is 3.00. The molecule has 0 amide bonds. The minimum Gasteiger partial charge on any atom is -0.550 e. The van der Waals surface area contributed by atoms with Gasteiger partial charge in [0.2, 0.25) is 0 Å². The molecule has 0 aliphatic carbocycles.